The van der Waals surface area contributed by atoms with Gasteiger partial charge in [-0.2, -0.15) is 0 Å². The second-order valence-electron chi connectivity index (χ2n) is 3.52. The maximum Gasteiger partial charge on any atom is 0.319 e. The highest BCUT2D eigenvalue weighted by Crippen LogP contribution is 2.01. The average molecular weight is 187 g/mol. The summed E-state index contributed by atoms with van der Waals surface area (Å²) in [6.07, 6.45) is 2.33. The Morgan fingerprint density at radius 2 is 2.15 bits per heavy atom. The van der Waals surface area contributed by atoms with E-state index in [1.54, 1.807) is 0 Å². The average Bonchev–Trinajstić information content (AvgIpc) is 2.03. The molecule has 3 nitrogen and oxygen atoms in total. The highest BCUT2D eigenvalue weighted by Gasteiger charge is 1.99. The Labute approximate surface area is 80.8 Å². The van der Waals surface area contributed by atoms with Crippen LogP contribution in [0.25, 0.3) is 0 Å². The van der Waals surface area contributed by atoms with Gasteiger partial charge in [-0.05, 0) is 32.2 Å². The number of carbonyl (C=O) groups excluding carboxylic acids is 1. The van der Waals surface area contributed by atoms with Crippen molar-refractivity contribution in [1.29, 1.82) is 0 Å². The van der Waals surface area contributed by atoms with E-state index >= 15 is 0 Å². The van der Waals surface area contributed by atoms with Crippen LogP contribution in [0.1, 0.15) is 33.6 Å². The van der Waals surface area contributed by atoms with Crippen molar-refractivity contribution in [2.24, 2.45) is 5.92 Å². The van der Waals surface area contributed by atoms with Gasteiger partial charge in [0.2, 0.25) is 0 Å². The van der Waals surface area contributed by atoms with E-state index in [0.29, 0.717) is 13.2 Å². The molecule has 0 rings (SSSR count). The van der Waals surface area contributed by atoms with Crippen LogP contribution in [0.3, 0.4) is 0 Å². The minimum atomic E-state index is -0.160. The maximum absolute atomic E-state index is 10.9. The Balaban J connectivity index is 3.11. The number of hydrogen-bond donors (Lipinski definition) is 1. The Hall–Kier alpha value is -0.570. The number of rotatable bonds is 7. The fourth-order valence-electron chi connectivity index (χ4n) is 1.04. The zero-order valence-corrected chi connectivity index (χ0v) is 8.93. The highest BCUT2D eigenvalue weighted by molar-refractivity contribution is 5.71. The Bertz CT molecular complexity index is 135. The molecule has 0 fully saturated rings. The van der Waals surface area contributed by atoms with Crippen LogP contribution >= 0.6 is 0 Å². The quantitative estimate of drug-likeness (QED) is 0.485. The van der Waals surface area contributed by atoms with Crippen molar-refractivity contribution in [3.05, 3.63) is 0 Å². The lowest BCUT2D eigenvalue weighted by molar-refractivity contribution is -0.141. The topological polar surface area (TPSA) is 38.3 Å². The van der Waals surface area contributed by atoms with Gasteiger partial charge in [0.25, 0.3) is 0 Å². The summed E-state index contributed by atoms with van der Waals surface area (Å²) in [4.78, 5) is 10.9. The Kier molecular flexibility index (Phi) is 7.69. The zero-order valence-electron chi connectivity index (χ0n) is 8.93. The summed E-state index contributed by atoms with van der Waals surface area (Å²) in [5.74, 6) is 0.580. The van der Waals surface area contributed by atoms with Crippen LogP contribution in [-0.4, -0.2) is 25.7 Å². The molecule has 0 aliphatic carbocycles. The summed E-state index contributed by atoms with van der Waals surface area (Å²) in [6.45, 7) is 7.92. The van der Waals surface area contributed by atoms with Gasteiger partial charge >= 0.3 is 5.97 Å². The molecule has 78 valence electrons. The van der Waals surface area contributed by atoms with Gasteiger partial charge < -0.3 is 10.1 Å². The smallest absolute Gasteiger partial charge is 0.319 e. The molecule has 0 aliphatic rings. The lowest BCUT2D eigenvalue weighted by Gasteiger charge is -2.05. The molecule has 0 heterocycles. The van der Waals surface area contributed by atoms with Crippen LogP contribution < -0.4 is 5.32 Å². The van der Waals surface area contributed by atoms with Crippen LogP contribution in [-0.2, 0) is 9.53 Å². The van der Waals surface area contributed by atoms with Gasteiger partial charge in [0.05, 0.1) is 13.2 Å². The summed E-state index contributed by atoms with van der Waals surface area (Å²) in [6, 6.07) is 0. The second-order valence-corrected chi connectivity index (χ2v) is 3.52. The van der Waals surface area contributed by atoms with Crippen molar-refractivity contribution in [1.82, 2.24) is 5.32 Å². The summed E-state index contributed by atoms with van der Waals surface area (Å²) < 4.78 is 4.77. The van der Waals surface area contributed by atoms with Crippen molar-refractivity contribution in [3.63, 3.8) is 0 Å². The molecule has 0 aromatic rings. The predicted octanol–water partition coefficient (Wildman–Crippen LogP) is 1.58. The Morgan fingerprint density at radius 3 is 2.69 bits per heavy atom. The third-order valence-corrected chi connectivity index (χ3v) is 1.71. The third kappa shape index (κ3) is 9.34. The molecule has 1 N–H and O–H groups in total. The molecule has 0 aliphatic heterocycles. The molecule has 0 atom stereocenters. The van der Waals surface area contributed by atoms with E-state index in [4.69, 9.17) is 4.74 Å². The van der Waals surface area contributed by atoms with E-state index in [0.717, 1.165) is 18.9 Å². The minimum Gasteiger partial charge on any atom is -0.465 e. The molecule has 0 radical (unpaired) electrons. The molecule has 0 saturated carbocycles. The maximum atomic E-state index is 10.9. The summed E-state index contributed by atoms with van der Waals surface area (Å²) in [5, 5.41) is 3.05. The molecule has 0 aromatic heterocycles. The number of esters is 1. The van der Waals surface area contributed by atoms with E-state index in [2.05, 4.69) is 19.2 Å². The standard InChI is InChI=1S/C10H21NO2/c1-4-13-10(12)8-11-7-5-6-9(2)3/h9,11H,4-8H2,1-3H3. The van der Waals surface area contributed by atoms with E-state index in [1.807, 2.05) is 6.92 Å². The number of carbonyl (C=O) groups is 1. The molecular formula is C10H21NO2. The second kappa shape index (κ2) is 8.05. The highest BCUT2D eigenvalue weighted by atomic mass is 16.5. The largest absolute Gasteiger partial charge is 0.465 e. The van der Waals surface area contributed by atoms with Crippen LogP contribution in [0.15, 0.2) is 0 Å². The zero-order chi connectivity index (χ0) is 10.1. The van der Waals surface area contributed by atoms with Crippen LogP contribution in [0, 0.1) is 5.92 Å². The first-order valence-electron chi connectivity index (χ1n) is 5.03. The van der Waals surface area contributed by atoms with Crippen molar-refractivity contribution >= 4 is 5.97 Å². The van der Waals surface area contributed by atoms with Crippen molar-refractivity contribution in [2.45, 2.75) is 33.6 Å². The molecule has 0 saturated heterocycles. The minimum absolute atomic E-state index is 0.160. The van der Waals surface area contributed by atoms with Gasteiger partial charge in [-0.25, -0.2) is 0 Å². The molecule has 0 spiro atoms. The molecule has 0 amide bonds. The lowest BCUT2D eigenvalue weighted by Crippen LogP contribution is -2.25. The summed E-state index contributed by atoms with van der Waals surface area (Å²) >= 11 is 0. The fourth-order valence-corrected chi connectivity index (χ4v) is 1.04. The normalized spacial score (nSPS) is 10.5. The SMILES string of the molecule is CCOC(=O)CNCCCC(C)C. The first-order valence-corrected chi connectivity index (χ1v) is 5.03. The summed E-state index contributed by atoms with van der Waals surface area (Å²) in [7, 11) is 0. The van der Waals surface area contributed by atoms with Crippen molar-refractivity contribution in [2.75, 3.05) is 19.7 Å². The monoisotopic (exact) mass is 187 g/mol. The van der Waals surface area contributed by atoms with Crippen LogP contribution in [0.5, 0.6) is 0 Å². The lowest BCUT2D eigenvalue weighted by atomic mass is 10.1. The van der Waals surface area contributed by atoms with Gasteiger partial charge in [0.15, 0.2) is 0 Å². The first kappa shape index (κ1) is 12.4. The Morgan fingerprint density at radius 1 is 1.46 bits per heavy atom. The molecule has 0 aromatic carbocycles. The van der Waals surface area contributed by atoms with Crippen molar-refractivity contribution < 1.29 is 9.53 Å². The van der Waals surface area contributed by atoms with Crippen molar-refractivity contribution in [3.8, 4) is 0 Å². The van der Waals surface area contributed by atoms with Gasteiger partial charge in [-0.15, -0.1) is 0 Å². The molecule has 13 heavy (non-hydrogen) atoms. The van der Waals surface area contributed by atoms with E-state index < -0.39 is 0 Å². The molecular weight excluding hydrogens is 166 g/mol. The van der Waals surface area contributed by atoms with Crippen LogP contribution in [0.2, 0.25) is 0 Å². The fraction of sp³-hybridized carbons (Fsp3) is 0.900. The van der Waals surface area contributed by atoms with E-state index in [-0.39, 0.29) is 5.97 Å². The molecule has 0 unspecified atom stereocenters. The molecule has 0 bridgehead atoms. The third-order valence-electron chi connectivity index (χ3n) is 1.71. The van der Waals surface area contributed by atoms with E-state index in [9.17, 15) is 4.79 Å². The van der Waals surface area contributed by atoms with Crippen LogP contribution in [0.4, 0.5) is 0 Å². The number of nitrogens with one attached hydrogen (secondary N) is 1. The van der Waals surface area contributed by atoms with E-state index in [1.165, 1.54) is 6.42 Å². The summed E-state index contributed by atoms with van der Waals surface area (Å²) in [5.41, 5.74) is 0. The van der Waals surface area contributed by atoms with Gasteiger partial charge in [0.1, 0.15) is 0 Å². The molecule has 3 heteroatoms. The first-order chi connectivity index (χ1) is 6.16. The number of hydrogen-bond acceptors (Lipinski definition) is 3. The predicted molar refractivity (Wildman–Crippen MR) is 53.6 cm³/mol. The number of ether oxygens (including phenoxy) is 1. The van der Waals surface area contributed by atoms with Gasteiger partial charge in [-0.1, -0.05) is 13.8 Å². The van der Waals surface area contributed by atoms with Gasteiger partial charge in [0, 0.05) is 0 Å². The van der Waals surface area contributed by atoms with Gasteiger partial charge in [-0.3, -0.25) is 4.79 Å².